The monoisotopic (exact) mass is 287 g/mol. The Morgan fingerprint density at radius 3 is 2.53 bits per heavy atom. The van der Waals surface area contributed by atoms with Crippen molar-refractivity contribution in [2.24, 2.45) is 0 Å². The van der Waals surface area contributed by atoms with Crippen molar-refractivity contribution in [3.05, 3.63) is 16.4 Å². The van der Waals surface area contributed by atoms with Gasteiger partial charge in [-0.05, 0) is 41.0 Å². The molecule has 0 amide bonds. The van der Waals surface area contributed by atoms with Gasteiger partial charge in [0.05, 0.1) is 28.6 Å². The fourth-order valence-electron chi connectivity index (χ4n) is 2.20. The molecule has 0 aromatic carbocycles. The second-order valence-electron chi connectivity index (χ2n) is 5.73. The summed E-state index contributed by atoms with van der Waals surface area (Å²) in [6, 6.07) is 0.405. The maximum Gasteiger partial charge on any atom is 0.0844 e. The summed E-state index contributed by atoms with van der Waals surface area (Å²) in [4.78, 5) is 0. The van der Waals surface area contributed by atoms with E-state index in [0.29, 0.717) is 6.04 Å². The van der Waals surface area contributed by atoms with E-state index in [-0.39, 0.29) is 5.60 Å². The van der Waals surface area contributed by atoms with Crippen molar-refractivity contribution in [1.29, 1.82) is 0 Å². The molecule has 0 saturated carbocycles. The molecule has 0 bridgehead atoms. The van der Waals surface area contributed by atoms with Gasteiger partial charge in [0.2, 0.25) is 0 Å². The molecule has 0 aliphatic carbocycles. The summed E-state index contributed by atoms with van der Waals surface area (Å²) in [7, 11) is 1.75. The third kappa shape index (κ3) is 4.79. The topological polar surface area (TPSA) is 39.1 Å². The Bertz CT molecular complexity index is 415. The van der Waals surface area contributed by atoms with Gasteiger partial charge in [-0.1, -0.05) is 11.6 Å². The summed E-state index contributed by atoms with van der Waals surface area (Å²) in [5, 5.41) is 8.68. The summed E-state index contributed by atoms with van der Waals surface area (Å²) < 4.78 is 7.39. The lowest BCUT2D eigenvalue weighted by Gasteiger charge is -2.27. The van der Waals surface area contributed by atoms with E-state index in [9.17, 15) is 0 Å². The number of nitrogens with one attached hydrogen (secondary N) is 1. The van der Waals surface area contributed by atoms with E-state index in [0.717, 1.165) is 35.9 Å². The minimum Gasteiger partial charge on any atom is -0.379 e. The van der Waals surface area contributed by atoms with Gasteiger partial charge in [-0.25, -0.2) is 0 Å². The molecule has 1 aromatic heterocycles. The Labute approximate surface area is 121 Å². The van der Waals surface area contributed by atoms with Crippen molar-refractivity contribution >= 4 is 11.6 Å². The van der Waals surface area contributed by atoms with E-state index in [4.69, 9.17) is 16.3 Å². The Balaban J connectivity index is 2.40. The van der Waals surface area contributed by atoms with Crippen molar-refractivity contribution in [1.82, 2.24) is 15.1 Å². The smallest absolute Gasteiger partial charge is 0.0844 e. The van der Waals surface area contributed by atoms with Crippen molar-refractivity contribution in [2.75, 3.05) is 13.7 Å². The first-order valence-electron chi connectivity index (χ1n) is 6.75. The van der Waals surface area contributed by atoms with Gasteiger partial charge in [-0.2, -0.15) is 5.10 Å². The third-order valence-electron chi connectivity index (χ3n) is 3.46. The van der Waals surface area contributed by atoms with Crippen LogP contribution in [-0.4, -0.2) is 35.1 Å². The molecule has 19 heavy (non-hydrogen) atoms. The van der Waals surface area contributed by atoms with Crippen LogP contribution in [0.25, 0.3) is 0 Å². The van der Waals surface area contributed by atoms with Crippen molar-refractivity contribution in [3.63, 3.8) is 0 Å². The van der Waals surface area contributed by atoms with Gasteiger partial charge < -0.3 is 10.1 Å². The Morgan fingerprint density at radius 2 is 2.05 bits per heavy atom. The zero-order valence-corrected chi connectivity index (χ0v) is 13.6. The molecule has 4 nitrogen and oxygen atoms in total. The number of hydrogen-bond acceptors (Lipinski definition) is 3. The number of ether oxygens (including phenoxy) is 1. The number of rotatable bonds is 7. The first-order chi connectivity index (χ1) is 8.76. The lowest BCUT2D eigenvalue weighted by atomic mass is 10.00. The first-order valence-corrected chi connectivity index (χ1v) is 7.12. The van der Waals surface area contributed by atoms with Gasteiger partial charge in [0.1, 0.15) is 0 Å². The van der Waals surface area contributed by atoms with Crippen LogP contribution in [0.15, 0.2) is 0 Å². The van der Waals surface area contributed by atoms with Crippen molar-refractivity contribution in [2.45, 2.75) is 59.2 Å². The average Bonchev–Trinajstić information content (AvgIpc) is 2.56. The highest BCUT2D eigenvalue weighted by atomic mass is 35.5. The zero-order valence-electron chi connectivity index (χ0n) is 12.9. The molecule has 0 aliphatic heterocycles. The molecule has 0 saturated heterocycles. The van der Waals surface area contributed by atoms with Crippen LogP contribution < -0.4 is 5.32 Å². The van der Waals surface area contributed by atoms with Crippen LogP contribution >= 0.6 is 11.6 Å². The first kappa shape index (κ1) is 16.5. The molecule has 1 aromatic rings. The minimum atomic E-state index is -0.0894. The van der Waals surface area contributed by atoms with Gasteiger partial charge in [-0.3, -0.25) is 4.68 Å². The quantitative estimate of drug-likeness (QED) is 0.838. The van der Waals surface area contributed by atoms with Gasteiger partial charge in [0, 0.05) is 19.7 Å². The van der Waals surface area contributed by atoms with Crippen LogP contribution in [0.5, 0.6) is 0 Å². The molecular formula is C14H26ClN3O. The Hall–Kier alpha value is -0.580. The molecule has 1 unspecified atom stereocenters. The highest BCUT2D eigenvalue weighted by Crippen LogP contribution is 2.18. The SMILES string of the molecule is COC(C)(C)CC(C)NCCn1nc(C)c(Cl)c1C. The van der Waals surface area contributed by atoms with Crippen LogP contribution in [0.1, 0.15) is 38.6 Å². The predicted octanol–water partition coefficient (Wildman–Crippen LogP) is 2.95. The van der Waals surface area contributed by atoms with Crippen LogP contribution in [0.3, 0.4) is 0 Å². The molecule has 1 rings (SSSR count). The van der Waals surface area contributed by atoms with E-state index in [1.54, 1.807) is 7.11 Å². The number of halogens is 1. The van der Waals surface area contributed by atoms with Crippen molar-refractivity contribution < 1.29 is 4.74 Å². The number of methoxy groups -OCH3 is 1. The van der Waals surface area contributed by atoms with E-state index >= 15 is 0 Å². The summed E-state index contributed by atoms with van der Waals surface area (Å²) in [6.07, 6.45) is 0.974. The third-order valence-corrected chi connectivity index (χ3v) is 4.01. The number of nitrogens with zero attached hydrogens (tertiary/aromatic N) is 2. The molecular weight excluding hydrogens is 262 g/mol. The standard InChI is InChI=1S/C14H26ClN3O/c1-10(9-14(4,5)19-6)16-7-8-18-12(3)13(15)11(2)17-18/h10,16H,7-9H2,1-6H3. The second-order valence-corrected chi connectivity index (χ2v) is 6.11. The van der Waals surface area contributed by atoms with Crippen LogP contribution in [-0.2, 0) is 11.3 Å². The van der Waals surface area contributed by atoms with E-state index in [1.165, 1.54) is 0 Å². The number of aryl methyl sites for hydroxylation is 1. The highest BCUT2D eigenvalue weighted by Gasteiger charge is 2.19. The van der Waals surface area contributed by atoms with Crippen LogP contribution in [0, 0.1) is 13.8 Å². The molecule has 1 N–H and O–H groups in total. The van der Waals surface area contributed by atoms with Gasteiger partial charge in [-0.15, -0.1) is 0 Å². The molecule has 1 heterocycles. The van der Waals surface area contributed by atoms with Crippen LogP contribution in [0.4, 0.5) is 0 Å². The largest absolute Gasteiger partial charge is 0.379 e. The lowest BCUT2D eigenvalue weighted by Crippen LogP contribution is -2.37. The molecule has 0 fully saturated rings. The van der Waals surface area contributed by atoms with Gasteiger partial charge in [0.25, 0.3) is 0 Å². The summed E-state index contributed by atoms with van der Waals surface area (Å²) in [5.74, 6) is 0. The Kier molecular flexibility index (Phi) is 5.83. The zero-order chi connectivity index (χ0) is 14.6. The maximum atomic E-state index is 6.13. The second kappa shape index (κ2) is 6.73. The van der Waals surface area contributed by atoms with Gasteiger partial charge in [0.15, 0.2) is 0 Å². The van der Waals surface area contributed by atoms with E-state index < -0.39 is 0 Å². The number of hydrogen-bond donors (Lipinski definition) is 1. The maximum absolute atomic E-state index is 6.13. The fraction of sp³-hybridized carbons (Fsp3) is 0.786. The molecule has 0 radical (unpaired) electrons. The van der Waals surface area contributed by atoms with E-state index in [1.807, 2.05) is 18.5 Å². The lowest BCUT2D eigenvalue weighted by molar-refractivity contribution is 0.00854. The normalized spacial score (nSPS) is 13.8. The average molecular weight is 288 g/mol. The molecule has 5 heteroatoms. The molecule has 110 valence electrons. The van der Waals surface area contributed by atoms with Crippen molar-refractivity contribution in [3.8, 4) is 0 Å². The van der Waals surface area contributed by atoms with Crippen LogP contribution in [0.2, 0.25) is 5.02 Å². The molecule has 0 aliphatic rings. The van der Waals surface area contributed by atoms with E-state index in [2.05, 4.69) is 31.2 Å². The molecule has 0 spiro atoms. The number of aromatic nitrogens is 2. The minimum absolute atomic E-state index is 0.0894. The Morgan fingerprint density at radius 1 is 1.42 bits per heavy atom. The molecule has 1 atom stereocenters. The summed E-state index contributed by atoms with van der Waals surface area (Å²) in [6.45, 7) is 12.0. The van der Waals surface area contributed by atoms with Gasteiger partial charge >= 0.3 is 0 Å². The summed E-state index contributed by atoms with van der Waals surface area (Å²) in [5.41, 5.74) is 1.84. The fourth-order valence-corrected chi connectivity index (χ4v) is 2.34. The summed E-state index contributed by atoms with van der Waals surface area (Å²) >= 11 is 6.13. The predicted molar refractivity (Wildman–Crippen MR) is 79.9 cm³/mol. The highest BCUT2D eigenvalue weighted by molar-refractivity contribution is 6.31.